The van der Waals surface area contributed by atoms with Crippen molar-refractivity contribution in [2.75, 3.05) is 26.4 Å². The predicted octanol–water partition coefficient (Wildman–Crippen LogP) is 30.7. The van der Waals surface area contributed by atoms with Crippen molar-refractivity contribution in [3.05, 3.63) is 186 Å². The van der Waals surface area contributed by atoms with Crippen LogP contribution in [0.25, 0.3) is 0 Å². The van der Waals surface area contributed by atoms with Crippen LogP contribution in [-0.4, -0.2) is 44.9 Å². The Balaban J connectivity index is 1.15. The van der Waals surface area contributed by atoms with Crippen LogP contribution in [0.15, 0.2) is 186 Å². The van der Waals surface area contributed by atoms with Crippen molar-refractivity contribution in [1.82, 2.24) is 0 Å². The van der Waals surface area contributed by atoms with Crippen LogP contribution in [0.5, 0.6) is 0 Å². The highest BCUT2D eigenvalue weighted by Crippen LogP contribution is 2.89. The highest BCUT2D eigenvalue weighted by molar-refractivity contribution is 7.66. The molecule has 0 aromatic rings. The van der Waals surface area contributed by atoms with E-state index in [-0.39, 0.29) is 0 Å². The molecule has 0 aliphatic carbocycles. The van der Waals surface area contributed by atoms with Crippen LogP contribution in [0, 0.1) is 0 Å². The Morgan fingerprint density at radius 3 is 0.655 bits per heavy atom. The van der Waals surface area contributed by atoms with E-state index >= 15 is 0 Å². The van der Waals surface area contributed by atoms with E-state index in [9.17, 15) is 36.5 Å². The zero-order valence-electron chi connectivity index (χ0n) is 73.5. The molecule has 119 heavy (non-hydrogen) atoms. The van der Waals surface area contributed by atoms with E-state index in [0.29, 0.717) is 62.5 Å². The van der Waals surface area contributed by atoms with E-state index in [0.717, 1.165) is 114 Å². The molecule has 8 rings (SSSR count). The second kappa shape index (κ2) is 48.7. The van der Waals surface area contributed by atoms with Gasteiger partial charge in [0.1, 0.15) is 0 Å². The average Bonchev–Trinajstić information content (AvgIpc) is 0.697. The number of phosphoric acid groups is 8. The molecule has 8 fully saturated rings. The van der Waals surface area contributed by atoms with Gasteiger partial charge in [-0.2, -0.15) is 17.2 Å². The van der Waals surface area contributed by atoms with Crippen LogP contribution in [0.3, 0.4) is 0 Å². The second-order valence-electron chi connectivity index (χ2n) is 31.9. The summed E-state index contributed by atoms with van der Waals surface area (Å²) in [5.74, 6) is 0. The first kappa shape index (κ1) is 105. The zero-order chi connectivity index (χ0) is 88.0. The van der Waals surface area contributed by atoms with Crippen LogP contribution in [0.4, 0.5) is 0 Å². The first-order chi connectivity index (χ1) is 55.7. The Morgan fingerprint density at radius 1 is 0.252 bits per heavy atom. The molecule has 0 N–H and O–H groups in total. The Bertz CT molecular complexity index is 4090. The van der Waals surface area contributed by atoms with Crippen molar-refractivity contribution in [3.63, 3.8) is 0 Å². The summed E-state index contributed by atoms with van der Waals surface area (Å²) in [4.78, 5) is 0. The minimum atomic E-state index is -5.68. The number of rotatable bonds is 56. The third kappa shape index (κ3) is 39.3. The molecule has 8 aliphatic rings. The Labute approximate surface area is 708 Å². The van der Waals surface area contributed by atoms with Crippen LogP contribution in [0.1, 0.15) is 293 Å². The van der Waals surface area contributed by atoms with Gasteiger partial charge in [-0.25, -0.2) is 90.8 Å². The lowest BCUT2D eigenvalue weighted by Gasteiger charge is -2.50. The first-order valence-corrected chi connectivity index (χ1v) is 52.5. The Morgan fingerprint density at radius 2 is 0.445 bits per heavy atom. The summed E-state index contributed by atoms with van der Waals surface area (Å²) < 4.78 is 219. The van der Waals surface area contributed by atoms with E-state index in [2.05, 4.69) is 170 Å². The first-order valence-electron chi connectivity index (χ1n) is 40.8. The normalized spacial score (nSPS) is 28.9. The summed E-state index contributed by atoms with van der Waals surface area (Å²) in [5, 5.41) is 0. The van der Waals surface area contributed by atoms with Crippen molar-refractivity contribution in [1.29, 1.82) is 0 Å². The fourth-order valence-corrected chi connectivity index (χ4v) is 24.5. The minimum Gasteiger partial charge on any atom is -0.282 e. The maximum absolute atomic E-state index is 14.9. The van der Waals surface area contributed by atoms with E-state index < -0.39 is 107 Å². The molecule has 0 amide bonds. The fraction of sp³-hybridized carbons (Fsp3) is 0.614. The number of fused-ring (bicyclic) bond motifs is 4. The summed E-state index contributed by atoms with van der Waals surface area (Å²) in [6, 6.07) is 0. The van der Waals surface area contributed by atoms with Gasteiger partial charge in [0.05, 0.1) is 26.4 Å². The van der Waals surface area contributed by atoms with Gasteiger partial charge in [-0.15, -0.1) is 0 Å². The lowest BCUT2D eigenvalue weighted by Crippen LogP contribution is -2.54. The lowest BCUT2D eigenvalue weighted by molar-refractivity contribution is -0.479. The summed E-state index contributed by atoms with van der Waals surface area (Å²) in [6.07, 6.45) is 42.6. The molecule has 8 saturated heterocycles. The van der Waals surface area contributed by atoms with Crippen molar-refractivity contribution in [2.45, 2.75) is 311 Å². The van der Waals surface area contributed by atoms with Gasteiger partial charge in [0.15, 0.2) is 0 Å². The quantitative estimate of drug-likeness (QED) is 0.0403. The third-order valence-corrected chi connectivity index (χ3v) is 32.4. The third-order valence-electron chi connectivity index (χ3n) is 18.8. The maximum atomic E-state index is 14.9. The zero-order valence-corrected chi connectivity index (χ0v) is 80.7. The van der Waals surface area contributed by atoms with E-state index in [1.807, 2.05) is 27.7 Å². The maximum Gasteiger partial charge on any atom is 0.496 e. The van der Waals surface area contributed by atoms with Gasteiger partial charge in [0, 0.05) is 0 Å². The van der Waals surface area contributed by atoms with Crippen LogP contribution in [-0.2, 0) is 126 Å². The number of phosphoric ester groups is 8. The van der Waals surface area contributed by atoms with Gasteiger partial charge in [-0.1, -0.05) is 186 Å². The summed E-state index contributed by atoms with van der Waals surface area (Å²) in [7, 11) is -42.0. The standard InChI is InChI=1S/C83H132O28P8/c1-65(2)33-21-37-69(9)41-25-45-73(13)49-29-53-77(17)57-61-92-112(84)96-81(100-116(88,101-81)108-112)98-114(86,94-63-59-79(19)55-31-51-75(15)47-27-43-71(11)39-23-35-67(5)6)110-118(90)104-83(105-118)106-119(91,107-83)111-115(87,95-64-60-80(20)56-32-52-76(16)48-28-44-72(12)40-24-36-68(7)8)99-82-97-113(85,109-117(89,102-82)103-82)93-62-58-78(18)54-30-50-74(14)46-26-42-70(10)38-22-34-66(3)4/h33-36,41-44,49-52,57-60H,21-32,37-40,45-48,53-56,61-64H2,1-20H3/b69-41+,70-42+,71-43+,72-44+,73-49+,74-50+,75-51+,76-52+,77-57+,78-58+,79-59+,80-60+. The summed E-state index contributed by atoms with van der Waals surface area (Å²) in [5.41, 5.74) is 18.3. The second-order valence-corrected chi connectivity index (χ2v) is 44.9. The molecule has 0 aromatic heterocycles. The van der Waals surface area contributed by atoms with E-state index in [4.69, 9.17) is 89.6 Å². The molecular weight excluding hydrogens is 1690 g/mol. The molecule has 36 heteroatoms. The van der Waals surface area contributed by atoms with Gasteiger partial charge in [0.2, 0.25) is 0 Å². The lowest BCUT2D eigenvalue weighted by atomic mass is 10.0. The molecule has 8 heterocycles. The summed E-state index contributed by atoms with van der Waals surface area (Å²) >= 11 is 0. The summed E-state index contributed by atoms with van der Waals surface area (Å²) in [6.45, 7) is 38.5. The van der Waals surface area contributed by atoms with Crippen molar-refractivity contribution in [3.8, 4) is 0 Å². The van der Waals surface area contributed by atoms with Gasteiger partial charge in [-0.05, 0) is 293 Å². The smallest absolute Gasteiger partial charge is 0.282 e. The van der Waals surface area contributed by atoms with Crippen LogP contribution >= 0.6 is 62.6 Å². The van der Waals surface area contributed by atoms with Crippen molar-refractivity contribution < 1.29 is 126 Å². The molecule has 28 nitrogen and oxygen atoms in total. The predicted molar refractivity (Wildman–Crippen MR) is 464 cm³/mol. The molecule has 0 saturated carbocycles. The average molecular weight is 1830 g/mol. The van der Waals surface area contributed by atoms with Crippen LogP contribution < -0.4 is 0 Å². The largest absolute Gasteiger partial charge is 0.496 e. The van der Waals surface area contributed by atoms with Gasteiger partial charge >= 0.3 is 81.1 Å². The minimum absolute atomic E-state index is 0.418. The molecule has 0 radical (unpaired) electrons. The molecule has 0 aromatic carbocycles. The van der Waals surface area contributed by atoms with Crippen molar-refractivity contribution in [2.24, 2.45) is 0 Å². The highest BCUT2D eigenvalue weighted by Gasteiger charge is 2.80. The van der Waals surface area contributed by atoms with Gasteiger partial charge in [-0.3, -0.25) is 18.1 Å². The Hall–Kier alpha value is -3.12. The molecule has 1 spiro atoms. The van der Waals surface area contributed by atoms with E-state index in [1.165, 1.54) is 79.0 Å². The van der Waals surface area contributed by atoms with Gasteiger partial charge < -0.3 is 0 Å². The molecule has 4 unspecified atom stereocenters. The fourth-order valence-electron chi connectivity index (χ4n) is 11.8. The van der Waals surface area contributed by atoms with Crippen LogP contribution in [0.2, 0.25) is 0 Å². The molecule has 4 bridgehead atoms. The Kier molecular flexibility index (Phi) is 42.8. The molecule has 4 atom stereocenters. The highest BCUT2D eigenvalue weighted by atomic mass is 31.3. The number of allylic oxidation sites excluding steroid dienone is 28. The number of hydrogen-bond acceptors (Lipinski definition) is 28. The molecular formula is C83H132O28P8. The SMILES string of the molecule is CC(C)=CCC/C(C)=C/CC/C(C)=C/CC/C(C)=C/COP1(=O)OC2(OP(=O)(OC/C=C(\C)CC/C=C(\C)CC/C=C(\C)CCC=C(C)C)OP3(=O)OC4(O3)OP(=O)(OP(=O)(OC/C=C(\C)CC/C=C(\C)CC/C=C(\C)CCC=C(C)C)OC35OP(=O)(OC/C=C(\C)CC/C=C(\C)CC/C=C(\C)CCC=C(C)C)OP(=O)(O3)O5)O4)OP(=O)(O2)O1. The molecule has 8 aliphatic heterocycles. The van der Waals surface area contributed by atoms with Gasteiger partial charge in [0.25, 0.3) is 0 Å². The molecule has 672 valence electrons. The topological polar surface area (TPSA) is 321 Å². The monoisotopic (exact) mass is 1820 g/mol. The number of hydrogen-bond donors (Lipinski definition) is 0. The van der Waals surface area contributed by atoms with E-state index in [1.54, 1.807) is 26.0 Å². The van der Waals surface area contributed by atoms with Crippen molar-refractivity contribution >= 4 is 62.6 Å².